The molecule has 0 aliphatic carbocycles. The highest BCUT2D eigenvalue weighted by molar-refractivity contribution is 7.99. The van der Waals surface area contributed by atoms with Crippen molar-refractivity contribution in [2.45, 2.75) is 48.9 Å². The summed E-state index contributed by atoms with van der Waals surface area (Å²) in [4.78, 5) is 10.7. The van der Waals surface area contributed by atoms with Crippen LogP contribution in [0.4, 0.5) is 43.9 Å². The van der Waals surface area contributed by atoms with Crippen LogP contribution in [0.2, 0.25) is 0 Å². The molecule has 0 amide bonds. The lowest BCUT2D eigenvalue weighted by Gasteiger charge is -2.17. The average molecular weight is 568 g/mol. The SMILES string of the molecule is O=C(O)CCCCC(CCSCc1c(F)c(F)c(F)c(F)c1F)SCc1c(F)c(F)c(F)c(F)c1F. The van der Waals surface area contributed by atoms with Crippen molar-refractivity contribution in [3.05, 3.63) is 69.3 Å². The van der Waals surface area contributed by atoms with Crippen LogP contribution in [0.5, 0.6) is 0 Å². The Bertz CT molecular complexity index is 1060. The maximum atomic E-state index is 13.9. The highest BCUT2D eigenvalue weighted by Gasteiger charge is 2.27. The van der Waals surface area contributed by atoms with Crippen LogP contribution in [0.1, 0.15) is 43.2 Å². The minimum atomic E-state index is -2.30. The Labute approximate surface area is 207 Å². The molecule has 36 heavy (non-hydrogen) atoms. The molecule has 0 aliphatic heterocycles. The predicted molar refractivity (Wildman–Crippen MR) is 114 cm³/mol. The lowest BCUT2D eigenvalue weighted by Crippen LogP contribution is -2.10. The summed E-state index contributed by atoms with van der Waals surface area (Å²) in [5.74, 6) is -23.0. The van der Waals surface area contributed by atoms with Gasteiger partial charge in [0.15, 0.2) is 46.5 Å². The number of hydrogen-bond acceptors (Lipinski definition) is 3. The summed E-state index contributed by atoms with van der Waals surface area (Å²) in [7, 11) is 0. The third-order valence-corrected chi connectivity index (χ3v) is 7.48. The zero-order valence-corrected chi connectivity index (χ0v) is 19.8. The Morgan fingerprint density at radius 2 is 1.03 bits per heavy atom. The minimum Gasteiger partial charge on any atom is -0.481 e. The molecule has 200 valence electrons. The van der Waals surface area contributed by atoms with Gasteiger partial charge >= 0.3 is 5.97 Å². The Morgan fingerprint density at radius 1 is 0.611 bits per heavy atom. The Hall–Kier alpha value is -2.09. The molecule has 1 N–H and O–H groups in total. The molecule has 0 saturated heterocycles. The molecule has 14 heteroatoms. The van der Waals surface area contributed by atoms with Crippen LogP contribution in [0.15, 0.2) is 0 Å². The van der Waals surface area contributed by atoms with Gasteiger partial charge < -0.3 is 5.11 Å². The van der Waals surface area contributed by atoms with Crippen LogP contribution >= 0.6 is 23.5 Å². The first-order chi connectivity index (χ1) is 16.9. The fourth-order valence-corrected chi connectivity index (χ4v) is 5.58. The number of aliphatic carboxylic acids is 1. The van der Waals surface area contributed by atoms with E-state index in [0.29, 0.717) is 6.42 Å². The number of thioether (sulfide) groups is 2. The Morgan fingerprint density at radius 3 is 1.47 bits per heavy atom. The zero-order valence-electron chi connectivity index (χ0n) is 18.2. The van der Waals surface area contributed by atoms with E-state index in [1.54, 1.807) is 0 Å². The molecule has 2 aromatic rings. The van der Waals surface area contributed by atoms with Crippen molar-refractivity contribution >= 4 is 29.5 Å². The van der Waals surface area contributed by atoms with E-state index in [1.165, 1.54) is 0 Å². The summed E-state index contributed by atoms with van der Waals surface area (Å²) in [6.45, 7) is 0. The van der Waals surface area contributed by atoms with E-state index in [1.807, 2.05) is 0 Å². The summed E-state index contributed by atoms with van der Waals surface area (Å²) >= 11 is 1.63. The van der Waals surface area contributed by atoms with E-state index in [0.717, 1.165) is 23.5 Å². The van der Waals surface area contributed by atoms with E-state index in [4.69, 9.17) is 5.11 Å². The van der Waals surface area contributed by atoms with E-state index < -0.39 is 92.0 Å². The van der Waals surface area contributed by atoms with Crippen molar-refractivity contribution in [1.82, 2.24) is 0 Å². The molecule has 1 unspecified atom stereocenters. The van der Waals surface area contributed by atoms with Crippen molar-refractivity contribution in [3.8, 4) is 0 Å². The van der Waals surface area contributed by atoms with Gasteiger partial charge in [0.25, 0.3) is 0 Å². The molecule has 0 bridgehead atoms. The topological polar surface area (TPSA) is 37.3 Å². The van der Waals surface area contributed by atoms with Crippen molar-refractivity contribution in [3.63, 3.8) is 0 Å². The van der Waals surface area contributed by atoms with Crippen LogP contribution in [-0.2, 0) is 16.3 Å². The van der Waals surface area contributed by atoms with Gasteiger partial charge in [-0.25, -0.2) is 43.9 Å². The van der Waals surface area contributed by atoms with Crippen LogP contribution in [0, 0.1) is 58.2 Å². The molecule has 2 rings (SSSR count). The summed E-state index contributed by atoms with van der Waals surface area (Å²) in [6.07, 6.45) is 0.851. The molecule has 1 atom stereocenters. The van der Waals surface area contributed by atoms with Gasteiger partial charge in [-0.2, -0.15) is 23.5 Å². The summed E-state index contributed by atoms with van der Waals surface area (Å²) in [5.41, 5.74) is -2.07. The van der Waals surface area contributed by atoms with Gasteiger partial charge in [-0.15, -0.1) is 0 Å². The molecule has 0 aromatic heterocycles. The number of rotatable bonds is 13. The second-order valence-corrected chi connectivity index (χ2v) is 9.90. The second kappa shape index (κ2) is 13.5. The number of unbranched alkanes of at least 4 members (excludes halogenated alkanes) is 1. The van der Waals surface area contributed by atoms with Crippen LogP contribution in [0.25, 0.3) is 0 Å². The predicted octanol–water partition coefficient (Wildman–Crippen LogP) is 7.65. The number of benzene rings is 2. The third-order valence-electron chi connectivity index (χ3n) is 5.06. The van der Waals surface area contributed by atoms with E-state index in [-0.39, 0.29) is 31.4 Å². The van der Waals surface area contributed by atoms with E-state index >= 15 is 0 Å². The monoisotopic (exact) mass is 568 g/mol. The van der Waals surface area contributed by atoms with Gasteiger partial charge in [-0.1, -0.05) is 6.42 Å². The number of carboxylic acid groups (broad SMARTS) is 1. The molecule has 0 aliphatic rings. The number of halogens is 10. The summed E-state index contributed by atoms with van der Waals surface area (Å²) < 4.78 is 135. The van der Waals surface area contributed by atoms with Gasteiger partial charge in [-0.05, 0) is 25.0 Å². The van der Waals surface area contributed by atoms with E-state index in [2.05, 4.69) is 0 Å². The normalized spacial score (nSPS) is 12.3. The second-order valence-electron chi connectivity index (χ2n) is 7.51. The molecule has 0 radical (unpaired) electrons. The maximum absolute atomic E-state index is 13.9. The third kappa shape index (κ3) is 7.24. The molecule has 2 aromatic carbocycles. The lowest BCUT2D eigenvalue weighted by molar-refractivity contribution is -0.137. The van der Waals surface area contributed by atoms with Gasteiger partial charge in [0.05, 0.1) is 0 Å². The highest BCUT2D eigenvalue weighted by atomic mass is 32.2. The van der Waals surface area contributed by atoms with Gasteiger partial charge in [0.2, 0.25) is 11.6 Å². The average Bonchev–Trinajstić information content (AvgIpc) is 2.85. The molecule has 0 fully saturated rings. The molecule has 0 spiro atoms. The summed E-state index contributed by atoms with van der Waals surface area (Å²) in [5, 5.41) is 8.21. The fourth-order valence-electron chi connectivity index (χ4n) is 3.10. The van der Waals surface area contributed by atoms with Crippen LogP contribution in [0.3, 0.4) is 0 Å². The van der Waals surface area contributed by atoms with E-state index in [9.17, 15) is 48.7 Å². The number of carbonyl (C=O) groups is 1. The minimum absolute atomic E-state index is 0.0766. The van der Waals surface area contributed by atoms with Crippen LogP contribution < -0.4 is 0 Å². The molecule has 2 nitrogen and oxygen atoms in total. The Balaban J connectivity index is 2.06. The first-order valence-corrected chi connectivity index (χ1v) is 12.5. The van der Waals surface area contributed by atoms with Crippen molar-refractivity contribution in [2.24, 2.45) is 0 Å². The molecule has 0 saturated carbocycles. The first kappa shape index (κ1) is 30.1. The zero-order chi connectivity index (χ0) is 27.2. The Kier molecular flexibility index (Phi) is 11.3. The van der Waals surface area contributed by atoms with Crippen LogP contribution in [-0.4, -0.2) is 22.1 Å². The summed E-state index contributed by atoms with van der Waals surface area (Å²) in [6, 6.07) is 0. The number of carboxylic acids is 1. The van der Waals surface area contributed by atoms with Crippen molar-refractivity contribution in [2.75, 3.05) is 5.75 Å². The smallest absolute Gasteiger partial charge is 0.303 e. The standard InChI is InChI=1S/C22H18F10O2S2/c23-13-10(14(24)18(28)21(31)17(13)27)7-35-6-5-9(3-1-2-4-12(33)34)36-8-11-15(25)19(29)22(32)20(30)16(11)26/h9H,1-8H2,(H,33,34). The quantitative estimate of drug-likeness (QED) is 0.117. The fraction of sp³-hybridized carbons (Fsp3) is 0.409. The van der Waals surface area contributed by atoms with Crippen molar-refractivity contribution in [1.29, 1.82) is 0 Å². The molecular weight excluding hydrogens is 550 g/mol. The highest BCUT2D eigenvalue weighted by Crippen LogP contribution is 2.32. The molecular formula is C22H18F10O2S2. The van der Waals surface area contributed by atoms with Gasteiger partial charge in [-0.3, -0.25) is 4.79 Å². The first-order valence-electron chi connectivity index (χ1n) is 10.3. The maximum Gasteiger partial charge on any atom is 0.303 e. The van der Waals surface area contributed by atoms with Gasteiger partial charge in [0.1, 0.15) is 0 Å². The van der Waals surface area contributed by atoms with Gasteiger partial charge in [0, 0.05) is 34.3 Å². The lowest BCUT2D eigenvalue weighted by atomic mass is 10.1. The van der Waals surface area contributed by atoms with Crippen molar-refractivity contribution < 1.29 is 53.8 Å². The largest absolute Gasteiger partial charge is 0.481 e. The number of hydrogen-bond donors (Lipinski definition) is 1. The molecule has 0 heterocycles.